The van der Waals surface area contributed by atoms with E-state index < -0.39 is 0 Å². The van der Waals surface area contributed by atoms with Gasteiger partial charge in [-0.3, -0.25) is 9.89 Å². The third kappa shape index (κ3) is 5.21. The maximum atomic E-state index is 12.7. The minimum absolute atomic E-state index is 0.0538. The summed E-state index contributed by atoms with van der Waals surface area (Å²) < 4.78 is 5.83. The Labute approximate surface area is 199 Å². The molecule has 1 aliphatic heterocycles. The van der Waals surface area contributed by atoms with Gasteiger partial charge >= 0.3 is 0 Å². The lowest BCUT2D eigenvalue weighted by Crippen LogP contribution is -2.44. The van der Waals surface area contributed by atoms with Crippen molar-refractivity contribution in [1.29, 1.82) is 0 Å². The number of rotatable bonds is 7. The van der Waals surface area contributed by atoms with Crippen molar-refractivity contribution >= 4 is 28.3 Å². The largest absolute Gasteiger partial charge is 0.489 e. The topological polar surface area (TPSA) is 73.5 Å². The Morgan fingerprint density at radius 1 is 0.971 bits per heavy atom. The van der Waals surface area contributed by atoms with Crippen molar-refractivity contribution in [3.05, 3.63) is 83.9 Å². The first-order valence-corrected chi connectivity index (χ1v) is 11.6. The zero-order valence-electron chi connectivity index (χ0n) is 19.3. The zero-order valence-corrected chi connectivity index (χ0v) is 19.3. The molecule has 174 valence electrons. The monoisotopic (exact) mass is 455 g/mol. The van der Waals surface area contributed by atoms with E-state index in [1.54, 1.807) is 0 Å². The number of hydrogen-bond acceptors (Lipinski definition) is 5. The number of aromatic amines is 1. The molecule has 34 heavy (non-hydrogen) atoms. The summed E-state index contributed by atoms with van der Waals surface area (Å²) in [5.74, 6) is 1.68. The molecule has 0 aliphatic carbocycles. The highest BCUT2D eigenvalue weighted by Gasteiger charge is 2.19. The summed E-state index contributed by atoms with van der Waals surface area (Å²) in [5.41, 5.74) is 3.80. The summed E-state index contributed by atoms with van der Waals surface area (Å²) in [6, 6.07) is 23.6. The van der Waals surface area contributed by atoms with E-state index in [0.717, 1.165) is 65.5 Å². The Bertz CT molecular complexity index is 1250. The lowest BCUT2D eigenvalue weighted by molar-refractivity contribution is -0.115. The molecular formula is C27H29N5O2. The van der Waals surface area contributed by atoms with Gasteiger partial charge in [-0.15, -0.1) is 0 Å². The van der Waals surface area contributed by atoms with Gasteiger partial charge in [0.2, 0.25) is 5.91 Å². The van der Waals surface area contributed by atoms with Crippen LogP contribution in [-0.4, -0.2) is 54.2 Å². The van der Waals surface area contributed by atoms with Gasteiger partial charge in [-0.2, -0.15) is 5.10 Å². The predicted octanol–water partition coefficient (Wildman–Crippen LogP) is 4.07. The van der Waals surface area contributed by atoms with E-state index in [0.29, 0.717) is 13.0 Å². The first-order valence-electron chi connectivity index (χ1n) is 11.6. The molecule has 0 unspecified atom stereocenters. The Morgan fingerprint density at radius 2 is 1.74 bits per heavy atom. The van der Waals surface area contributed by atoms with Gasteiger partial charge in [0.15, 0.2) is 5.82 Å². The molecule has 1 aliphatic rings. The van der Waals surface area contributed by atoms with Gasteiger partial charge in [-0.25, -0.2) is 0 Å². The van der Waals surface area contributed by atoms with Crippen molar-refractivity contribution in [2.75, 3.05) is 43.4 Å². The molecule has 0 bridgehead atoms. The van der Waals surface area contributed by atoms with E-state index in [9.17, 15) is 4.79 Å². The minimum atomic E-state index is -0.0538. The van der Waals surface area contributed by atoms with E-state index in [1.807, 2.05) is 72.8 Å². The number of amides is 1. The molecule has 4 aromatic rings. The third-order valence-corrected chi connectivity index (χ3v) is 6.17. The second-order valence-corrected chi connectivity index (χ2v) is 8.74. The number of fused-ring (bicyclic) bond motifs is 1. The lowest BCUT2D eigenvalue weighted by atomic mass is 10.1. The highest BCUT2D eigenvalue weighted by molar-refractivity contribution is 5.97. The fourth-order valence-corrected chi connectivity index (χ4v) is 4.17. The van der Waals surface area contributed by atoms with Crippen LogP contribution in [0.25, 0.3) is 10.9 Å². The van der Waals surface area contributed by atoms with Crippen LogP contribution in [-0.2, 0) is 17.8 Å². The van der Waals surface area contributed by atoms with Crippen LogP contribution in [0.2, 0.25) is 0 Å². The number of anilines is 2. The average Bonchev–Trinajstić information content (AvgIpc) is 3.28. The average molecular weight is 456 g/mol. The summed E-state index contributed by atoms with van der Waals surface area (Å²) in [6.45, 7) is 4.44. The number of piperazine rings is 1. The van der Waals surface area contributed by atoms with Crippen LogP contribution in [0.15, 0.2) is 72.8 Å². The smallest absolute Gasteiger partial charge is 0.228 e. The van der Waals surface area contributed by atoms with Crippen LogP contribution in [0.1, 0.15) is 11.1 Å². The minimum Gasteiger partial charge on any atom is -0.489 e. The number of likely N-dealkylation sites (N-methyl/N-ethyl adjacent to an activating group) is 1. The molecule has 0 radical (unpaired) electrons. The van der Waals surface area contributed by atoms with Gasteiger partial charge in [0.25, 0.3) is 0 Å². The van der Waals surface area contributed by atoms with Crippen molar-refractivity contribution in [3.63, 3.8) is 0 Å². The van der Waals surface area contributed by atoms with Gasteiger partial charge in [-0.05, 0) is 48.5 Å². The fourth-order valence-electron chi connectivity index (χ4n) is 4.17. The van der Waals surface area contributed by atoms with E-state index in [-0.39, 0.29) is 5.91 Å². The van der Waals surface area contributed by atoms with E-state index in [2.05, 4.69) is 32.4 Å². The van der Waals surface area contributed by atoms with Gasteiger partial charge in [0, 0.05) is 37.3 Å². The Morgan fingerprint density at radius 3 is 2.50 bits per heavy atom. The molecule has 7 heteroatoms. The summed E-state index contributed by atoms with van der Waals surface area (Å²) >= 11 is 0. The van der Waals surface area contributed by atoms with Crippen molar-refractivity contribution in [1.82, 2.24) is 15.1 Å². The number of nitrogens with one attached hydrogen (secondary N) is 2. The molecule has 5 rings (SSSR count). The van der Waals surface area contributed by atoms with Crippen LogP contribution in [0.3, 0.4) is 0 Å². The number of nitrogens with zero attached hydrogens (tertiary/aromatic N) is 3. The predicted molar refractivity (Wildman–Crippen MR) is 135 cm³/mol. The number of aromatic nitrogens is 2. The maximum absolute atomic E-state index is 12.7. The number of benzene rings is 3. The van der Waals surface area contributed by atoms with Crippen LogP contribution >= 0.6 is 0 Å². The molecule has 1 amide bonds. The Kier molecular flexibility index (Phi) is 6.44. The molecule has 2 heterocycles. The highest BCUT2D eigenvalue weighted by atomic mass is 16.5. The Hall–Kier alpha value is -3.84. The summed E-state index contributed by atoms with van der Waals surface area (Å²) in [4.78, 5) is 17.3. The normalized spacial score (nSPS) is 14.3. The van der Waals surface area contributed by atoms with E-state index >= 15 is 0 Å². The molecule has 1 fully saturated rings. The van der Waals surface area contributed by atoms with Crippen LogP contribution in [0.5, 0.6) is 5.75 Å². The molecule has 3 aromatic carbocycles. The first kappa shape index (κ1) is 22.0. The van der Waals surface area contributed by atoms with Gasteiger partial charge in [0.1, 0.15) is 12.4 Å². The van der Waals surface area contributed by atoms with E-state index in [1.165, 1.54) is 0 Å². The summed E-state index contributed by atoms with van der Waals surface area (Å²) in [6.07, 6.45) is 0.299. The number of carbonyl (C=O) groups is 1. The molecule has 7 nitrogen and oxygen atoms in total. The third-order valence-electron chi connectivity index (χ3n) is 6.17. The zero-order chi connectivity index (χ0) is 23.3. The molecular weight excluding hydrogens is 426 g/mol. The van der Waals surface area contributed by atoms with Crippen LogP contribution in [0.4, 0.5) is 11.5 Å². The lowest BCUT2D eigenvalue weighted by Gasteiger charge is -2.32. The molecule has 2 N–H and O–H groups in total. The molecule has 1 saturated heterocycles. The molecule has 0 saturated carbocycles. The standard InChI is InChI=1S/C27H29N5O2/c1-31-13-15-32(16-14-31)27-24-18-22(9-12-25(24)29-30-27)28-26(33)17-20-7-10-23(11-8-20)34-19-21-5-3-2-4-6-21/h2-12,18H,13-17,19H2,1H3,(H,28,33)(H,29,30). The maximum Gasteiger partial charge on any atom is 0.228 e. The summed E-state index contributed by atoms with van der Waals surface area (Å²) in [5, 5.41) is 11.7. The van der Waals surface area contributed by atoms with Crippen molar-refractivity contribution in [3.8, 4) is 5.75 Å². The van der Waals surface area contributed by atoms with Gasteiger partial charge < -0.3 is 19.9 Å². The first-order chi connectivity index (χ1) is 16.6. The fraction of sp³-hybridized carbons (Fsp3) is 0.259. The van der Waals surface area contributed by atoms with Gasteiger partial charge in [-0.1, -0.05) is 42.5 Å². The number of hydrogen-bond donors (Lipinski definition) is 2. The van der Waals surface area contributed by atoms with Crippen molar-refractivity contribution < 1.29 is 9.53 Å². The quantitative estimate of drug-likeness (QED) is 0.439. The number of ether oxygens (including phenoxy) is 1. The van der Waals surface area contributed by atoms with Crippen molar-refractivity contribution in [2.24, 2.45) is 0 Å². The molecule has 0 spiro atoms. The second-order valence-electron chi connectivity index (χ2n) is 8.74. The number of carbonyl (C=O) groups excluding carboxylic acids is 1. The van der Waals surface area contributed by atoms with Crippen LogP contribution < -0.4 is 15.0 Å². The summed E-state index contributed by atoms with van der Waals surface area (Å²) in [7, 11) is 2.14. The highest BCUT2D eigenvalue weighted by Crippen LogP contribution is 2.27. The SMILES string of the molecule is CN1CCN(c2n[nH]c3ccc(NC(=O)Cc4ccc(OCc5ccccc5)cc4)cc23)CC1. The number of H-pyrrole nitrogens is 1. The van der Waals surface area contributed by atoms with Gasteiger partial charge in [0.05, 0.1) is 11.9 Å². The second kappa shape index (κ2) is 9.97. The van der Waals surface area contributed by atoms with Crippen molar-refractivity contribution in [2.45, 2.75) is 13.0 Å². The van der Waals surface area contributed by atoms with E-state index in [4.69, 9.17) is 4.74 Å². The molecule has 0 atom stereocenters. The Balaban J connectivity index is 1.19. The van der Waals surface area contributed by atoms with Crippen LogP contribution in [0, 0.1) is 0 Å². The molecule has 1 aromatic heterocycles.